The van der Waals surface area contributed by atoms with Gasteiger partial charge in [-0.1, -0.05) is 11.6 Å². The topological polar surface area (TPSA) is 62.3 Å². The molecule has 3 rings (SSSR count). The molecular weight excluding hydrogens is 474 g/mol. The van der Waals surface area contributed by atoms with E-state index in [1.54, 1.807) is 24.0 Å². The Bertz CT molecular complexity index is 825. The number of anilines is 1. The van der Waals surface area contributed by atoms with Crippen molar-refractivity contribution in [1.29, 1.82) is 0 Å². The molecule has 1 N–H and O–H groups in total. The lowest BCUT2D eigenvalue weighted by atomic mass is 9.95. The van der Waals surface area contributed by atoms with Crippen LogP contribution in [0, 0.1) is 5.92 Å². The summed E-state index contributed by atoms with van der Waals surface area (Å²) < 4.78 is 0.869. The smallest absolute Gasteiger partial charge is 0.228 e. The number of pyridine rings is 1. The van der Waals surface area contributed by atoms with Gasteiger partial charge in [-0.15, -0.1) is 11.8 Å². The van der Waals surface area contributed by atoms with Crippen LogP contribution < -0.4 is 5.32 Å². The van der Waals surface area contributed by atoms with Gasteiger partial charge in [-0.2, -0.15) is 0 Å². The predicted molar refractivity (Wildman–Crippen MR) is 121 cm³/mol. The van der Waals surface area contributed by atoms with Gasteiger partial charge in [0.15, 0.2) is 0 Å². The zero-order valence-corrected chi connectivity index (χ0v) is 19.1. The highest BCUT2D eigenvalue weighted by molar-refractivity contribution is 9.10. The Morgan fingerprint density at radius 2 is 1.90 bits per heavy atom. The highest BCUT2D eigenvalue weighted by Crippen LogP contribution is 2.23. The Labute approximate surface area is 188 Å². The number of aromatic nitrogens is 1. The van der Waals surface area contributed by atoms with E-state index in [4.69, 9.17) is 11.6 Å². The fraction of sp³-hybridized carbons (Fsp3) is 0.381. The Morgan fingerprint density at radius 3 is 2.55 bits per heavy atom. The summed E-state index contributed by atoms with van der Waals surface area (Å²) in [6, 6.07) is 11.4. The number of hydrogen-bond donors (Lipinski definition) is 1. The van der Waals surface area contributed by atoms with Gasteiger partial charge in [-0.25, -0.2) is 4.98 Å². The third kappa shape index (κ3) is 7.01. The summed E-state index contributed by atoms with van der Waals surface area (Å²) in [5.74, 6) is 1.52. The van der Waals surface area contributed by atoms with Crippen molar-refractivity contribution in [3.8, 4) is 0 Å². The van der Waals surface area contributed by atoms with Gasteiger partial charge in [0.25, 0.3) is 0 Å². The third-order valence-corrected chi connectivity index (χ3v) is 6.63. The molecule has 154 valence electrons. The van der Waals surface area contributed by atoms with Crippen LogP contribution in [-0.4, -0.2) is 40.5 Å². The van der Waals surface area contributed by atoms with Crippen LogP contribution in [-0.2, 0) is 9.59 Å². The lowest BCUT2D eigenvalue weighted by molar-refractivity contribution is -0.134. The summed E-state index contributed by atoms with van der Waals surface area (Å²) in [6.07, 6.45) is 4.41. The van der Waals surface area contributed by atoms with Crippen molar-refractivity contribution in [3.05, 3.63) is 52.1 Å². The number of halogens is 2. The van der Waals surface area contributed by atoms with Crippen molar-refractivity contribution >= 4 is 56.9 Å². The molecule has 1 aromatic carbocycles. The van der Waals surface area contributed by atoms with E-state index in [1.165, 1.54) is 0 Å². The van der Waals surface area contributed by atoms with Crippen molar-refractivity contribution in [1.82, 2.24) is 9.88 Å². The van der Waals surface area contributed by atoms with Crippen LogP contribution in [0.3, 0.4) is 0 Å². The fourth-order valence-electron chi connectivity index (χ4n) is 3.17. The third-order valence-electron chi connectivity index (χ3n) is 4.81. The number of piperidine rings is 1. The number of hydrogen-bond acceptors (Lipinski definition) is 4. The first kappa shape index (κ1) is 22.1. The second-order valence-electron chi connectivity index (χ2n) is 6.91. The first-order valence-electron chi connectivity index (χ1n) is 9.60. The van der Waals surface area contributed by atoms with Gasteiger partial charge < -0.3 is 10.2 Å². The van der Waals surface area contributed by atoms with E-state index in [2.05, 4.69) is 26.2 Å². The van der Waals surface area contributed by atoms with Crippen LogP contribution in [0.15, 0.2) is 52.0 Å². The molecule has 0 radical (unpaired) electrons. The molecule has 5 nitrogen and oxygen atoms in total. The maximum atomic E-state index is 12.4. The van der Waals surface area contributed by atoms with Crippen molar-refractivity contribution in [3.63, 3.8) is 0 Å². The van der Waals surface area contributed by atoms with E-state index >= 15 is 0 Å². The molecule has 0 saturated carbocycles. The normalized spacial score (nSPS) is 14.6. The number of rotatable bonds is 7. The zero-order valence-electron chi connectivity index (χ0n) is 15.9. The maximum absolute atomic E-state index is 12.4. The summed E-state index contributed by atoms with van der Waals surface area (Å²) in [4.78, 5) is 32.1. The molecule has 0 bridgehead atoms. The van der Waals surface area contributed by atoms with Gasteiger partial charge in [0.2, 0.25) is 11.8 Å². The van der Waals surface area contributed by atoms with Crippen molar-refractivity contribution < 1.29 is 9.59 Å². The molecule has 1 aliphatic heterocycles. The first-order valence-corrected chi connectivity index (χ1v) is 11.8. The van der Waals surface area contributed by atoms with Crippen LogP contribution in [0.2, 0.25) is 5.02 Å². The molecule has 1 saturated heterocycles. The average molecular weight is 497 g/mol. The van der Waals surface area contributed by atoms with Crippen molar-refractivity contribution in [2.24, 2.45) is 5.92 Å². The van der Waals surface area contributed by atoms with Crippen LogP contribution in [0.5, 0.6) is 0 Å². The maximum Gasteiger partial charge on any atom is 0.228 e. The quantitative estimate of drug-likeness (QED) is 0.420. The summed E-state index contributed by atoms with van der Waals surface area (Å²) in [5.41, 5.74) is 0. The molecule has 8 heteroatoms. The van der Waals surface area contributed by atoms with Crippen molar-refractivity contribution in [2.45, 2.75) is 30.6 Å². The SMILES string of the molecule is O=C(Nc1ccc(Br)cn1)C1CCN(C(=O)CCCSc2ccc(Cl)cc2)CC1. The fourth-order valence-corrected chi connectivity index (χ4v) is 4.38. The number of nitrogens with zero attached hydrogens (tertiary/aromatic N) is 2. The molecule has 0 unspecified atom stereocenters. The lowest BCUT2D eigenvalue weighted by Gasteiger charge is -2.31. The predicted octanol–water partition coefficient (Wildman–Crippen LogP) is 5.25. The highest BCUT2D eigenvalue weighted by atomic mass is 79.9. The molecule has 0 atom stereocenters. The molecule has 1 aromatic heterocycles. The summed E-state index contributed by atoms with van der Waals surface area (Å²) in [7, 11) is 0. The van der Waals surface area contributed by atoms with E-state index in [-0.39, 0.29) is 17.7 Å². The monoisotopic (exact) mass is 495 g/mol. The number of likely N-dealkylation sites (tertiary alicyclic amines) is 1. The number of nitrogens with one attached hydrogen (secondary N) is 1. The lowest BCUT2D eigenvalue weighted by Crippen LogP contribution is -2.41. The Morgan fingerprint density at radius 1 is 1.17 bits per heavy atom. The molecule has 29 heavy (non-hydrogen) atoms. The molecule has 0 spiro atoms. The number of carbonyl (C=O) groups is 2. The minimum atomic E-state index is -0.0787. The second-order valence-corrected chi connectivity index (χ2v) is 9.43. The molecule has 1 aliphatic rings. The summed E-state index contributed by atoms with van der Waals surface area (Å²) >= 11 is 10.9. The van der Waals surface area contributed by atoms with Gasteiger partial charge in [-0.3, -0.25) is 9.59 Å². The molecular formula is C21H23BrClN3O2S. The Hall–Kier alpha value is -1.57. The molecule has 2 aromatic rings. The van der Waals surface area contributed by atoms with E-state index in [9.17, 15) is 9.59 Å². The van der Waals surface area contributed by atoms with Gasteiger partial charge in [0.1, 0.15) is 5.82 Å². The summed E-state index contributed by atoms with van der Waals surface area (Å²) in [6.45, 7) is 1.27. The van der Waals surface area contributed by atoms with Crippen LogP contribution in [0.4, 0.5) is 5.82 Å². The number of amides is 2. The number of benzene rings is 1. The largest absolute Gasteiger partial charge is 0.343 e. The average Bonchev–Trinajstić information content (AvgIpc) is 2.74. The molecule has 0 aliphatic carbocycles. The van der Waals surface area contributed by atoms with E-state index in [0.29, 0.717) is 38.2 Å². The van der Waals surface area contributed by atoms with E-state index in [1.807, 2.05) is 35.2 Å². The van der Waals surface area contributed by atoms with Gasteiger partial charge >= 0.3 is 0 Å². The molecule has 2 heterocycles. The number of carbonyl (C=O) groups excluding carboxylic acids is 2. The van der Waals surface area contributed by atoms with Gasteiger partial charge in [0, 0.05) is 46.0 Å². The van der Waals surface area contributed by atoms with Crippen LogP contribution >= 0.6 is 39.3 Å². The first-order chi connectivity index (χ1) is 14.0. The minimum absolute atomic E-state index is 0.0220. The molecule has 1 fully saturated rings. The standard InChI is InChI=1S/C21H23BrClN3O2S/c22-16-3-8-19(24-14-16)25-21(28)15-9-11-26(12-10-15)20(27)2-1-13-29-18-6-4-17(23)5-7-18/h3-8,14-15H,1-2,9-13H2,(H,24,25,28). The number of thioether (sulfide) groups is 1. The Kier molecular flexibility index (Phi) is 8.39. The van der Waals surface area contributed by atoms with Crippen LogP contribution in [0.1, 0.15) is 25.7 Å². The summed E-state index contributed by atoms with van der Waals surface area (Å²) in [5, 5.41) is 3.59. The zero-order chi connectivity index (χ0) is 20.6. The second kappa shape index (κ2) is 11.0. The van der Waals surface area contributed by atoms with Gasteiger partial charge in [-0.05, 0) is 77.3 Å². The van der Waals surface area contributed by atoms with Crippen LogP contribution in [0.25, 0.3) is 0 Å². The van der Waals surface area contributed by atoms with E-state index in [0.717, 1.165) is 26.6 Å². The molecule has 2 amide bonds. The Balaban J connectivity index is 1.34. The minimum Gasteiger partial charge on any atom is -0.343 e. The van der Waals surface area contributed by atoms with E-state index < -0.39 is 0 Å². The van der Waals surface area contributed by atoms with Gasteiger partial charge in [0.05, 0.1) is 0 Å². The van der Waals surface area contributed by atoms with Crippen molar-refractivity contribution in [2.75, 3.05) is 24.2 Å². The highest BCUT2D eigenvalue weighted by Gasteiger charge is 2.27.